The predicted molar refractivity (Wildman–Crippen MR) is 164 cm³/mol. The molecule has 0 bridgehead atoms. The van der Waals surface area contributed by atoms with Gasteiger partial charge in [-0.2, -0.15) is 4.98 Å². The minimum absolute atomic E-state index is 0.0725. The lowest BCUT2D eigenvalue weighted by Gasteiger charge is -2.37. The van der Waals surface area contributed by atoms with Crippen molar-refractivity contribution in [2.75, 3.05) is 36.8 Å². The van der Waals surface area contributed by atoms with Crippen molar-refractivity contribution in [3.8, 4) is 0 Å². The third-order valence-electron chi connectivity index (χ3n) is 6.43. The SMILES string of the molecule is Cn1c(N2CCN(C(=O)[C@@H](Cc3ccncc3)OC(=O)NC(C)(C)C)CC2)nc(N)c(Sc2cccc(Cl)c2Cl)c1=O. The minimum Gasteiger partial charge on any atom is -0.436 e. The number of hydrogen-bond donors (Lipinski definition) is 2. The fourth-order valence-corrected chi connectivity index (χ4v) is 5.76. The predicted octanol–water partition coefficient (Wildman–Crippen LogP) is 4.00. The molecule has 3 aromatic rings. The third-order valence-corrected chi connectivity index (χ3v) is 8.51. The van der Waals surface area contributed by atoms with Crippen molar-refractivity contribution < 1.29 is 14.3 Å². The third kappa shape index (κ3) is 7.67. The van der Waals surface area contributed by atoms with E-state index in [0.717, 1.165) is 17.3 Å². The summed E-state index contributed by atoms with van der Waals surface area (Å²) in [7, 11) is 1.62. The topological polar surface area (TPSA) is 136 Å². The average molecular weight is 635 g/mol. The summed E-state index contributed by atoms with van der Waals surface area (Å²) in [6.45, 7) is 6.96. The molecule has 0 saturated carbocycles. The van der Waals surface area contributed by atoms with Gasteiger partial charge in [-0.15, -0.1) is 0 Å². The number of hydrogen-bond acceptors (Lipinski definition) is 9. The molecule has 14 heteroatoms. The van der Waals surface area contributed by atoms with Crippen LogP contribution >= 0.6 is 35.0 Å². The maximum Gasteiger partial charge on any atom is 0.408 e. The maximum atomic E-state index is 13.6. The van der Waals surface area contributed by atoms with E-state index in [2.05, 4.69) is 15.3 Å². The second-order valence-corrected chi connectivity index (χ2v) is 12.6. The number of pyridine rings is 1. The Bertz CT molecular complexity index is 1510. The summed E-state index contributed by atoms with van der Waals surface area (Å²) in [4.78, 5) is 52.3. The average Bonchev–Trinajstić information content (AvgIpc) is 2.94. The number of nitrogens with zero attached hydrogens (tertiary/aromatic N) is 5. The zero-order valence-corrected chi connectivity index (χ0v) is 26.1. The molecule has 11 nitrogen and oxygen atoms in total. The smallest absolute Gasteiger partial charge is 0.408 e. The van der Waals surface area contributed by atoms with Crippen LogP contribution in [-0.2, 0) is 23.0 Å². The van der Waals surface area contributed by atoms with Gasteiger partial charge in [-0.05, 0) is 50.6 Å². The number of amides is 2. The molecule has 1 aliphatic rings. The van der Waals surface area contributed by atoms with Crippen LogP contribution in [0, 0.1) is 0 Å². The Morgan fingerprint density at radius 1 is 1.12 bits per heavy atom. The molecule has 2 aromatic heterocycles. The van der Waals surface area contributed by atoms with E-state index in [4.69, 9.17) is 33.7 Å². The molecule has 1 aliphatic heterocycles. The fraction of sp³-hybridized carbons (Fsp3) is 0.393. The second-order valence-electron chi connectivity index (χ2n) is 10.8. The monoisotopic (exact) mass is 633 g/mol. The number of benzene rings is 1. The van der Waals surface area contributed by atoms with Gasteiger partial charge >= 0.3 is 6.09 Å². The number of ether oxygens (including phenoxy) is 1. The van der Waals surface area contributed by atoms with E-state index in [1.165, 1.54) is 4.57 Å². The molecule has 1 saturated heterocycles. The zero-order chi connectivity index (χ0) is 30.6. The normalized spacial score (nSPS) is 14.4. The molecule has 4 rings (SSSR count). The van der Waals surface area contributed by atoms with Crippen LogP contribution in [-0.4, -0.2) is 69.3 Å². The fourth-order valence-electron chi connectivity index (χ4n) is 4.35. The van der Waals surface area contributed by atoms with Gasteiger partial charge in [0, 0.05) is 62.5 Å². The molecule has 1 fully saturated rings. The number of halogens is 2. The van der Waals surface area contributed by atoms with Gasteiger partial charge in [-0.3, -0.25) is 19.1 Å². The van der Waals surface area contributed by atoms with Crippen LogP contribution < -0.4 is 21.5 Å². The molecule has 0 aliphatic carbocycles. The zero-order valence-electron chi connectivity index (χ0n) is 23.8. The van der Waals surface area contributed by atoms with Crippen LogP contribution in [0.15, 0.2) is 57.3 Å². The van der Waals surface area contributed by atoms with Crippen molar-refractivity contribution in [2.45, 2.75) is 48.6 Å². The van der Waals surface area contributed by atoms with Gasteiger partial charge in [0.25, 0.3) is 11.5 Å². The van der Waals surface area contributed by atoms with E-state index >= 15 is 0 Å². The van der Waals surface area contributed by atoms with E-state index in [9.17, 15) is 14.4 Å². The van der Waals surface area contributed by atoms with E-state index in [0.29, 0.717) is 47.1 Å². The highest BCUT2D eigenvalue weighted by atomic mass is 35.5. The maximum absolute atomic E-state index is 13.6. The summed E-state index contributed by atoms with van der Waals surface area (Å²) in [5.74, 6) is 0.158. The Morgan fingerprint density at radius 2 is 1.79 bits per heavy atom. The number of aromatic nitrogens is 3. The molecule has 224 valence electrons. The molecule has 3 N–H and O–H groups in total. The van der Waals surface area contributed by atoms with Crippen LogP contribution in [0.25, 0.3) is 0 Å². The number of nitrogen functional groups attached to an aromatic ring is 1. The van der Waals surface area contributed by atoms with Crippen molar-refractivity contribution in [1.29, 1.82) is 0 Å². The highest BCUT2D eigenvalue weighted by molar-refractivity contribution is 7.99. The van der Waals surface area contributed by atoms with E-state index < -0.39 is 17.7 Å². The van der Waals surface area contributed by atoms with Crippen molar-refractivity contribution in [1.82, 2.24) is 24.8 Å². The summed E-state index contributed by atoms with van der Waals surface area (Å²) in [6.07, 6.45) is 1.78. The first-order valence-electron chi connectivity index (χ1n) is 13.2. The second kappa shape index (κ2) is 13.2. The molecular formula is C28H33Cl2N7O4S. The van der Waals surface area contributed by atoms with Gasteiger partial charge < -0.3 is 25.6 Å². The number of alkyl carbamates (subject to hydrolysis) is 1. The molecular weight excluding hydrogens is 601 g/mol. The molecule has 42 heavy (non-hydrogen) atoms. The lowest BCUT2D eigenvalue weighted by Crippen LogP contribution is -2.54. The quantitative estimate of drug-likeness (QED) is 0.395. The van der Waals surface area contributed by atoms with Crippen LogP contribution in [0.5, 0.6) is 0 Å². The number of anilines is 2. The molecule has 1 aromatic carbocycles. The lowest BCUT2D eigenvalue weighted by molar-refractivity contribution is -0.140. The van der Waals surface area contributed by atoms with Gasteiger partial charge in [-0.1, -0.05) is 41.0 Å². The number of nitrogens with one attached hydrogen (secondary N) is 1. The van der Waals surface area contributed by atoms with Gasteiger partial charge in [0.1, 0.15) is 10.7 Å². The van der Waals surface area contributed by atoms with Crippen molar-refractivity contribution in [2.24, 2.45) is 7.05 Å². The number of carbonyl (C=O) groups excluding carboxylic acids is 2. The summed E-state index contributed by atoms with van der Waals surface area (Å²) in [6, 6.07) is 8.71. The Hall–Kier alpha value is -3.48. The van der Waals surface area contributed by atoms with E-state index in [-0.39, 0.29) is 28.6 Å². The Kier molecular flexibility index (Phi) is 9.90. The van der Waals surface area contributed by atoms with Crippen molar-refractivity contribution in [3.63, 3.8) is 0 Å². The molecule has 2 amide bonds. The largest absolute Gasteiger partial charge is 0.436 e. The van der Waals surface area contributed by atoms with Gasteiger partial charge in [0.15, 0.2) is 6.10 Å². The standard InChI is InChI=1S/C28H33Cl2N7O4S/c1-28(2,3)34-27(40)41-19(16-17-8-10-32-11-9-17)24(38)36-12-14-37(15-13-36)26-33-23(31)22(25(39)35(26)4)42-20-7-5-6-18(29)21(20)30/h5-11,19H,12-16,31H2,1-4H3,(H,34,40)/t19-/m1/s1. The van der Waals surface area contributed by atoms with Crippen LogP contribution in [0.2, 0.25) is 10.0 Å². The van der Waals surface area contributed by atoms with Gasteiger partial charge in [0.2, 0.25) is 5.95 Å². The number of piperazine rings is 1. The molecule has 0 radical (unpaired) electrons. The Balaban J connectivity index is 1.47. The first kappa shape index (κ1) is 31.5. The summed E-state index contributed by atoms with van der Waals surface area (Å²) < 4.78 is 7.05. The Labute approximate surface area is 258 Å². The number of carbonyl (C=O) groups is 2. The van der Waals surface area contributed by atoms with Crippen molar-refractivity contribution >= 4 is 58.7 Å². The first-order chi connectivity index (χ1) is 19.8. The summed E-state index contributed by atoms with van der Waals surface area (Å²) >= 11 is 13.5. The molecule has 0 unspecified atom stereocenters. The highest BCUT2D eigenvalue weighted by Gasteiger charge is 2.32. The molecule has 0 spiro atoms. The van der Waals surface area contributed by atoms with E-state index in [1.54, 1.807) is 54.7 Å². The van der Waals surface area contributed by atoms with Gasteiger partial charge in [0.05, 0.1) is 10.0 Å². The van der Waals surface area contributed by atoms with Crippen LogP contribution in [0.3, 0.4) is 0 Å². The van der Waals surface area contributed by atoms with Crippen LogP contribution in [0.1, 0.15) is 26.3 Å². The highest BCUT2D eigenvalue weighted by Crippen LogP contribution is 2.37. The molecule has 3 heterocycles. The number of nitrogens with two attached hydrogens (primary N) is 1. The minimum atomic E-state index is -1.02. The van der Waals surface area contributed by atoms with E-state index in [1.807, 2.05) is 25.7 Å². The number of rotatable bonds is 7. The Morgan fingerprint density at radius 3 is 2.43 bits per heavy atom. The van der Waals surface area contributed by atoms with Crippen molar-refractivity contribution in [3.05, 3.63) is 68.7 Å². The summed E-state index contributed by atoms with van der Waals surface area (Å²) in [5, 5.41) is 3.45. The summed E-state index contributed by atoms with van der Waals surface area (Å²) in [5.41, 5.74) is 6.21. The lowest BCUT2D eigenvalue weighted by atomic mass is 10.1. The van der Waals surface area contributed by atoms with Crippen LogP contribution in [0.4, 0.5) is 16.6 Å². The first-order valence-corrected chi connectivity index (χ1v) is 14.8. The molecule has 1 atom stereocenters. The van der Waals surface area contributed by atoms with Gasteiger partial charge in [-0.25, -0.2) is 4.79 Å².